The van der Waals surface area contributed by atoms with Crippen molar-refractivity contribution in [3.05, 3.63) is 70.7 Å². The van der Waals surface area contributed by atoms with Crippen LogP contribution in [0, 0.1) is 5.92 Å². The minimum atomic E-state index is -0.143. The molecule has 0 spiro atoms. The number of hydrogen-bond donors (Lipinski definition) is 2. The first-order valence-electron chi connectivity index (χ1n) is 6.48. The summed E-state index contributed by atoms with van der Waals surface area (Å²) in [5.41, 5.74) is 2.51. The molecule has 1 aliphatic carbocycles. The summed E-state index contributed by atoms with van der Waals surface area (Å²) < 4.78 is 0. The summed E-state index contributed by atoms with van der Waals surface area (Å²) in [5, 5.41) is 3.72. The molecule has 1 atom stereocenters. The zero-order valence-corrected chi connectivity index (χ0v) is 11.2. The molecule has 0 bridgehead atoms. The third kappa shape index (κ3) is 2.28. The second-order valence-electron chi connectivity index (χ2n) is 4.88. The summed E-state index contributed by atoms with van der Waals surface area (Å²) in [7, 11) is 0. The maximum absolute atomic E-state index is 12.0. The molecule has 1 aromatic heterocycles. The molecule has 0 saturated carbocycles. The van der Waals surface area contributed by atoms with Crippen LogP contribution in [0.5, 0.6) is 0 Å². The van der Waals surface area contributed by atoms with Gasteiger partial charge in [0.1, 0.15) is 0 Å². The lowest BCUT2D eigenvalue weighted by atomic mass is 9.97. The third-order valence-corrected chi connectivity index (χ3v) is 3.37. The lowest BCUT2D eigenvalue weighted by Crippen LogP contribution is -2.14. The van der Waals surface area contributed by atoms with Crippen molar-refractivity contribution in [1.82, 2.24) is 9.97 Å². The average Bonchev–Trinajstić information content (AvgIpc) is 2.43. The minimum Gasteiger partial charge on any atom is -0.326 e. The van der Waals surface area contributed by atoms with Crippen molar-refractivity contribution in [3.63, 3.8) is 0 Å². The molecule has 4 nitrogen and oxygen atoms in total. The predicted octanol–water partition coefficient (Wildman–Crippen LogP) is 2.98. The fourth-order valence-corrected chi connectivity index (χ4v) is 2.15. The van der Waals surface area contributed by atoms with Crippen molar-refractivity contribution in [2.24, 2.45) is 5.92 Å². The molecule has 0 amide bonds. The molecule has 2 N–H and O–H groups in total. The molecule has 3 rings (SSSR count). The maximum Gasteiger partial charge on any atom is 0.260 e. The van der Waals surface area contributed by atoms with E-state index in [1.807, 2.05) is 30.4 Å². The van der Waals surface area contributed by atoms with Crippen LogP contribution in [0.15, 0.2) is 65.1 Å². The van der Waals surface area contributed by atoms with Gasteiger partial charge in [0.05, 0.1) is 10.9 Å². The number of fused-ring (bicyclic) bond motifs is 1. The minimum absolute atomic E-state index is 0.143. The number of aromatic amines is 1. The Balaban J connectivity index is 1.96. The Hall–Kier alpha value is -2.62. The number of H-pyrrole nitrogens is 1. The second kappa shape index (κ2) is 4.81. The average molecular weight is 265 g/mol. The van der Waals surface area contributed by atoms with E-state index in [4.69, 9.17) is 0 Å². The van der Waals surface area contributed by atoms with Gasteiger partial charge in [-0.2, -0.15) is 0 Å². The molecule has 0 radical (unpaired) electrons. The predicted molar refractivity (Wildman–Crippen MR) is 81.5 cm³/mol. The van der Waals surface area contributed by atoms with Gasteiger partial charge in [-0.05, 0) is 23.8 Å². The van der Waals surface area contributed by atoms with Crippen LogP contribution in [0.25, 0.3) is 10.9 Å². The molecule has 4 heteroatoms. The van der Waals surface area contributed by atoms with E-state index in [0.29, 0.717) is 16.9 Å². The highest BCUT2D eigenvalue weighted by molar-refractivity contribution is 5.78. The number of anilines is 1. The van der Waals surface area contributed by atoms with Crippen LogP contribution in [-0.4, -0.2) is 9.97 Å². The Kier molecular flexibility index (Phi) is 2.99. The molecule has 0 aliphatic heterocycles. The fraction of sp³-hybridized carbons (Fsp3) is 0.125. The molecule has 1 heterocycles. The first-order valence-corrected chi connectivity index (χ1v) is 6.48. The van der Waals surface area contributed by atoms with Gasteiger partial charge in [0, 0.05) is 11.6 Å². The summed E-state index contributed by atoms with van der Waals surface area (Å²) in [6.45, 7) is 6.03. The number of hydrogen-bond acceptors (Lipinski definition) is 3. The van der Waals surface area contributed by atoms with E-state index in [-0.39, 0.29) is 11.5 Å². The van der Waals surface area contributed by atoms with Gasteiger partial charge in [-0.3, -0.25) is 9.78 Å². The zero-order chi connectivity index (χ0) is 14.1. The van der Waals surface area contributed by atoms with Crippen LogP contribution in [0.1, 0.15) is 6.92 Å². The number of aromatic nitrogens is 2. The zero-order valence-electron chi connectivity index (χ0n) is 11.2. The van der Waals surface area contributed by atoms with Crippen LogP contribution in [0.4, 0.5) is 5.95 Å². The monoisotopic (exact) mass is 265 g/mol. The summed E-state index contributed by atoms with van der Waals surface area (Å²) in [6.07, 6.45) is 5.95. The Bertz CT molecular complexity index is 799. The van der Waals surface area contributed by atoms with Crippen molar-refractivity contribution in [2.45, 2.75) is 6.92 Å². The van der Waals surface area contributed by atoms with Gasteiger partial charge in [-0.25, -0.2) is 4.98 Å². The summed E-state index contributed by atoms with van der Waals surface area (Å²) in [4.78, 5) is 19.1. The van der Waals surface area contributed by atoms with Crippen LogP contribution in [-0.2, 0) is 0 Å². The number of para-hydroxylation sites is 1. The summed E-state index contributed by atoms with van der Waals surface area (Å²) >= 11 is 0. The van der Waals surface area contributed by atoms with Crippen molar-refractivity contribution >= 4 is 16.9 Å². The smallest absolute Gasteiger partial charge is 0.260 e. The van der Waals surface area contributed by atoms with Crippen LogP contribution in [0.2, 0.25) is 0 Å². The standard InChI is InChI=1S/C16H15N3O/c1-10-7-8-12(9-11(10)2)17-16-18-14-6-4-3-5-13(14)15(20)19-16/h3-9,11H,1H2,2H3,(H2,17,18,19,20). The molecule has 1 unspecified atom stereocenters. The van der Waals surface area contributed by atoms with Gasteiger partial charge < -0.3 is 5.32 Å². The van der Waals surface area contributed by atoms with Crippen molar-refractivity contribution < 1.29 is 0 Å². The first kappa shape index (κ1) is 12.4. The van der Waals surface area contributed by atoms with Gasteiger partial charge in [-0.1, -0.05) is 37.8 Å². The lowest BCUT2D eigenvalue weighted by molar-refractivity contribution is 0.876. The molecule has 1 aromatic carbocycles. The molecule has 1 aliphatic rings. The highest BCUT2D eigenvalue weighted by Crippen LogP contribution is 2.20. The van der Waals surface area contributed by atoms with Crippen molar-refractivity contribution in [3.8, 4) is 0 Å². The third-order valence-electron chi connectivity index (χ3n) is 3.37. The second-order valence-corrected chi connectivity index (χ2v) is 4.88. The summed E-state index contributed by atoms with van der Waals surface area (Å²) in [6, 6.07) is 7.28. The molecule has 0 saturated heterocycles. The van der Waals surface area contributed by atoms with E-state index in [0.717, 1.165) is 11.3 Å². The van der Waals surface area contributed by atoms with E-state index in [2.05, 4.69) is 34.9 Å². The number of allylic oxidation sites excluding steroid dienone is 4. The Morgan fingerprint density at radius 2 is 2.10 bits per heavy atom. The molecular weight excluding hydrogens is 250 g/mol. The quantitative estimate of drug-likeness (QED) is 0.877. The van der Waals surface area contributed by atoms with Crippen LogP contribution in [0.3, 0.4) is 0 Å². The number of rotatable bonds is 2. The van der Waals surface area contributed by atoms with Gasteiger partial charge in [0.25, 0.3) is 5.56 Å². The lowest BCUT2D eigenvalue weighted by Gasteiger charge is -2.15. The highest BCUT2D eigenvalue weighted by Gasteiger charge is 2.09. The summed E-state index contributed by atoms with van der Waals surface area (Å²) in [5.74, 6) is 0.721. The van der Waals surface area contributed by atoms with Crippen molar-refractivity contribution in [1.29, 1.82) is 0 Å². The number of nitrogens with one attached hydrogen (secondary N) is 2. The highest BCUT2D eigenvalue weighted by atomic mass is 16.1. The Morgan fingerprint density at radius 1 is 1.30 bits per heavy atom. The van der Waals surface area contributed by atoms with E-state index in [9.17, 15) is 4.79 Å². The van der Waals surface area contributed by atoms with Crippen molar-refractivity contribution in [2.75, 3.05) is 5.32 Å². The van der Waals surface area contributed by atoms with Crippen LogP contribution >= 0.6 is 0 Å². The molecule has 0 fully saturated rings. The Morgan fingerprint density at radius 3 is 2.90 bits per heavy atom. The van der Waals surface area contributed by atoms with E-state index < -0.39 is 0 Å². The van der Waals surface area contributed by atoms with E-state index in [1.54, 1.807) is 6.07 Å². The topological polar surface area (TPSA) is 57.8 Å². The van der Waals surface area contributed by atoms with Gasteiger partial charge in [-0.15, -0.1) is 0 Å². The Labute approximate surface area is 116 Å². The van der Waals surface area contributed by atoms with E-state index in [1.165, 1.54) is 0 Å². The fourth-order valence-electron chi connectivity index (χ4n) is 2.15. The number of nitrogens with zero attached hydrogens (tertiary/aromatic N) is 1. The molecular formula is C16H15N3O. The van der Waals surface area contributed by atoms with Gasteiger partial charge in [0.2, 0.25) is 5.95 Å². The van der Waals surface area contributed by atoms with Gasteiger partial charge in [0.15, 0.2) is 0 Å². The van der Waals surface area contributed by atoms with Crippen LogP contribution < -0.4 is 10.9 Å². The molecule has 100 valence electrons. The normalized spacial score (nSPS) is 18.1. The largest absolute Gasteiger partial charge is 0.326 e. The van der Waals surface area contributed by atoms with Gasteiger partial charge >= 0.3 is 0 Å². The molecule has 20 heavy (non-hydrogen) atoms. The SMILES string of the molecule is C=C1C=CC(Nc2nc3ccccc3c(=O)[nH]2)=CC1C. The van der Waals surface area contributed by atoms with E-state index >= 15 is 0 Å². The first-order chi connectivity index (χ1) is 9.63. The maximum atomic E-state index is 12.0. The molecule has 2 aromatic rings. The number of benzene rings is 1.